The van der Waals surface area contributed by atoms with Gasteiger partial charge in [-0.1, -0.05) is 0 Å². The summed E-state index contributed by atoms with van der Waals surface area (Å²) in [5.41, 5.74) is -0.513. The van der Waals surface area contributed by atoms with Crippen LogP contribution in [-0.2, 0) is 12.4 Å². The molecule has 106 valence electrons. The van der Waals surface area contributed by atoms with Gasteiger partial charge in [-0.15, -0.1) is 0 Å². The first-order valence-corrected chi connectivity index (χ1v) is 5.06. The molecular formula is C11H10F6N2. The van der Waals surface area contributed by atoms with Crippen molar-refractivity contribution in [2.45, 2.75) is 26.2 Å². The summed E-state index contributed by atoms with van der Waals surface area (Å²) in [6, 6.07) is 1.21. The molecule has 8 heteroatoms. The number of hydrogen-bond donors (Lipinski definition) is 1. The van der Waals surface area contributed by atoms with Gasteiger partial charge in [0.1, 0.15) is 0 Å². The van der Waals surface area contributed by atoms with Crippen molar-refractivity contribution in [2.75, 3.05) is 5.43 Å². The fraction of sp³-hybridized carbons (Fsp3) is 0.364. The topological polar surface area (TPSA) is 24.4 Å². The highest BCUT2D eigenvalue weighted by molar-refractivity contribution is 5.79. The lowest BCUT2D eigenvalue weighted by atomic mass is 10.1. The van der Waals surface area contributed by atoms with Crippen molar-refractivity contribution in [3.63, 3.8) is 0 Å². The van der Waals surface area contributed by atoms with E-state index >= 15 is 0 Å². The Labute approximate surface area is 105 Å². The first-order chi connectivity index (χ1) is 8.50. The lowest BCUT2D eigenvalue weighted by Crippen LogP contribution is -2.11. The molecule has 0 unspecified atom stereocenters. The van der Waals surface area contributed by atoms with E-state index in [4.69, 9.17) is 0 Å². The lowest BCUT2D eigenvalue weighted by Gasteiger charge is -2.13. The molecule has 0 aromatic heterocycles. The van der Waals surface area contributed by atoms with Crippen molar-refractivity contribution >= 4 is 11.4 Å². The van der Waals surface area contributed by atoms with Gasteiger partial charge in [0.2, 0.25) is 0 Å². The highest BCUT2D eigenvalue weighted by Crippen LogP contribution is 2.37. The zero-order valence-corrected chi connectivity index (χ0v) is 9.95. The van der Waals surface area contributed by atoms with Crippen LogP contribution >= 0.6 is 0 Å². The third kappa shape index (κ3) is 4.46. The molecule has 1 aromatic rings. The van der Waals surface area contributed by atoms with Crippen molar-refractivity contribution in [2.24, 2.45) is 5.10 Å². The van der Waals surface area contributed by atoms with Gasteiger partial charge in [-0.2, -0.15) is 31.4 Å². The van der Waals surface area contributed by atoms with Gasteiger partial charge in [0.05, 0.1) is 16.8 Å². The minimum atomic E-state index is -4.86. The summed E-state index contributed by atoms with van der Waals surface area (Å²) in [5, 5.41) is 3.57. The molecule has 0 aliphatic heterocycles. The Morgan fingerprint density at radius 2 is 1.32 bits per heavy atom. The molecule has 0 aliphatic rings. The van der Waals surface area contributed by atoms with Crippen LogP contribution in [-0.4, -0.2) is 5.71 Å². The van der Waals surface area contributed by atoms with E-state index in [0.717, 1.165) is 0 Å². The first kappa shape index (κ1) is 15.3. The van der Waals surface area contributed by atoms with E-state index in [2.05, 4.69) is 10.5 Å². The molecule has 0 atom stereocenters. The minimum Gasteiger partial charge on any atom is -0.279 e. The van der Waals surface area contributed by atoms with Crippen LogP contribution in [0.15, 0.2) is 23.3 Å². The molecule has 0 spiro atoms. The first-order valence-electron chi connectivity index (χ1n) is 5.06. The number of hydrazone groups is 1. The highest BCUT2D eigenvalue weighted by atomic mass is 19.4. The third-order valence-electron chi connectivity index (χ3n) is 2.00. The SMILES string of the molecule is CC(C)=NNc1cc(C(F)(F)F)cc(C(F)(F)F)c1. The molecule has 0 radical (unpaired) electrons. The second kappa shape index (κ2) is 5.10. The van der Waals surface area contributed by atoms with Crippen molar-refractivity contribution in [3.05, 3.63) is 29.3 Å². The summed E-state index contributed by atoms with van der Waals surface area (Å²) in [5.74, 6) is 0. The van der Waals surface area contributed by atoms with Crippen molar-refractivity contribution < 1.29 is 26.3 Å². The Balaban J connectivity index is 3.29. The van der Waals surface area contributed by atoms with Gasteiger partial charge in [0, 0.05) is 5.71 Å². The largest absolute Gasteiger partial charge is 0.416 e. The number of anilines is 1. The van der Waals surface area contributed by atoms with Gasteiger partial charge in [-0.25, -0.2) is 0 Å². The molecule has 0 saturated carbocycles. The standard InChI is InChI=1S/C11H10F6N2/c1-6(2)18-19-9-4-7(10(12,13)14)3-8(5-9)11(15,16)17/h3-5,19H,1-2H3. The summed E-state index contributed by atoms with van der Waals surface area (Å²) < 4.78 is 75.0. The van der Waals surface area contributed by atoms with Crippen LogP contribution < -0.4 is 5.43 Å². The van der Waals surface area contributed by atoms with Crippen molar-refractivity contribution in [1.29, 1.82) is 0 Å². The second-order valence-corrected chi connectivity index (χ2v) is 3.97. The third-order valence-corrected chi connectivity index (χ3v) is 2.00. The Bertz CT molecular complexity index is 451. The number of rotatable bonds is 2. The van der Waals surface area contributed by atoms with Gasteiger partial charge < -0.3 is 0 Å². The Hall–Kier alpha value is -1.73. The molecule has 0 fully saturated rings. The van der Waals surface area contributed by atoms with Crippen LogP contribution in [0.4, 0.5) is 32.0 Å². The van der Waals surface area contributed by atoms with E-state index in [9.17, 15) is 26.3 Å². The van der Waals surface area contributed by atoms with Crippen LogP contribution in [0.5, 0.6) is 0 Å². The summed E-state index contributed by atoms with van der Waals surface area (Å²) >= 11 is 0. The van der Waals surface area contributed by atoms with Gasteiger partial charge >= 0.3 is 12.4 Å². The van der Waals surface area contributed by atoms with Gasteiger partial charge in [0.25, 0.3) is 0 Å². The zero-order chi connectivity index (χ0) is 14.8. The molecule has 1 aromatic carbocycles. The minimum absolute atomic E-state index is 0.0632. The fourth-order valence-corrected chi connectivity index (χ4v) is 1.20. The number of hydrogen-bond acceptors (Lipinski definition) is 2. The molecule has 0 amide bonds. The van der Waals surface area contributed by atoms with E-state index in [1.807, 2.05) is 0 Å². The normalized spacial score (nSPS) is 12.2. The molecule has 19 heavy (non-hydrogen) atoms. The molecule has 1 N–H and O–H groups in total. The van der Waals surface area contributed by atoms with Gasteiger partial charge in [0.15, 0.2) is 0 Å². The van der Waals surface area contributed by atoms with E-state index in [0.29, 0.717) is 17.8 Å². The fourth-order valence-electron chi connectivity index (χ4n) is 1.20. The number of nitrogens with zero attached hydrogens (tertiary/aromatic N) is 1. The lowest BCUT2D eigenvalue weighted by molar-refractivity contribution is -0.143. The maximum absolute atomic E-state index is 12.5. The Morgan fingerprint density at radius 3 is 1.63 bits per heavy atom. The molecule has 0 heterocycles. The summed E-state index contributed by atoms with van der Waals surface area (Å²) in [6.07, 6.45) is -9.72. The molecule has 2 nitrogen and oxygen atoms in total. The van der Waals surface area contributed by atoms with Gasteiger partial charge in [-0.3, -0.25) is 5.43 Å². The zero-order valence-electron chi connectivity index (χ0n) is 9.95. The number of alkyl halides is 6. The van der Waals surface area contributed by atoms with Crippen LogP contribution in [0.3, 0.4) is 0 Å². The number of nitrogens with one attached hydrogen (secondary N) is 1. The maximum atomic E-state index is 12.5. The predicted octanol–water partition coefficient (Wildman–Crippen LogP) is 4.53. The summed E-state index contributed by atoms with van der Waals surface area (Å²) in [7, 11) is 0. The quantitative estimate of drug-likeness (QED) is 0.481. The van der Waals surface area contributed by atoms with Crippen molar-refractivity contribution in [1.82, 2.24) is 0 Å². The molecule has 1 rings (SSSR count). The Morgan fingerprint density at radius 1 is 0.895 bits per heavy atom. The molecule has 0 bridgehead atoms. The molecule has 0 saturated heterocycles. The van der Waals surface area contributed by atoms with E-state index in [1.165, 1.54) is 0 Å². The van der Waals surface area contributed by atoms with Gasteiger partial charge in [-0.05, 0) is 32.0 Å². The van der Waals surface area contributed by atoms with E-state index in [-0.39, 0.29) is 11.8 Å². The average molecular weight is 284 g/mol. The predicted molar refractivity (Wildman–Crippen MR) is 58.9 cm³/mol. The number of halogens is 6. The molecule has 0 aliphatic carbocycles. The van der Waals surface area contributed by atoms with Crippen molar-refractivity contribution in [3.8, 4) is 0 Å². The van der Waals surface area contributed by atoms with Crippen LogP contribution in [0, 0.1) is 0 Å². The highest BCUT2D eigenvalue weighted by Gasteiger charge is 2.36. The smallest absolute Gasteiger partial charge is 0.279 e. The second-order valence-electron chi connectivity index (χ2n) is 3.97. The Kier molecular flexibility index (Phi) is 4.12. The summed E-state index contributed by atoms with van der Waals surface area (Å²) in [4.78, 5) is 0. The average Bonchev–Trinajstić information content (AvgIpc) is 2.23. The number of benzene rings is 1. The maximum Gasteiger partial charge on any atom is 0.416 e. The van der Waals surface area contributed by atoms with Crippen LogP contribution in [0.2, 0.25) is 0 Å². The monoisotopic (exact) mass is 284 g/mol. The summed E-state index contributed by atoms with van der Waals surface area (Å²) in [6.45, 7) is 3.09. The van der Waals surface area contributed by atoms with Crippen LogP contribution in [0.25, 0.3) is 0 Å². The van der Waals surface area contributed by atoms with E-state index < -0.39 is 23.5 Å². The van der Waals surface area contributed by atoms with Crippen LogP contribution in [0.1, 0.15) is 25.0 Å². The molecular weight excluding hydrogens is 274 g/mol. The van der Waals surface area contributed by atoms with E-state index in [1.54, 1.807) is 13.8 Å².